The van der Waals surface area contributed by atoms with Gasteiger partial charge in [-0.1, -0.05) is 42.5 Å². The van der Waals surface area contributed by atoms with Gasteiger partial charge in [-0.05, 0) is 31.5 Å². The molecule has 0 bridgehead atoms. The molecule has 0 fully saturated rings. The Hall–Kier alpha value is -2.99. The Morgan fingerprint density at radius 1 is 1.00 bits per heavy atom. The molecule has 3 rings (SSSR count). The van der Waals surface area contributed by atoms with E-state index in [-0.39, 0.29) is 11.8 Å². The van der Waals surface area contributed by atoms with E-state index in [0.717, 1.165) is 16.1 Å². The lowest BCUT2D eigenvalue weighted by molar-refractivity contribution is 0.0772. The number of benzene rings is 2. The second-order valence-electron chi connectivity index (χ2n) is 6.26. The number of nitrogens with one attached hydrogen (secondary N) is 1. The van der Waals surface area contributed by atoms with Gasteiger partial charge in [0.1, 0.15) is 10.7 Å². The summed E-state index contributed by atoms with van der Waals surface area (Å²) in [6.45, 7) is 5.69. The lowest BCUT2D eigenvalue weighted by atomic mass is 10.1. The summed E-state index contributed by atoms with van der Waals surface area (Å²) in [5.41, 5.74) is 3.01. The second-order valence-corrected chi connectivity index (χ2v) is 7.12. The van der Waals surface area contributed by atoms with Crippen LogP contribution in [0.25, 0.3) is 10.6 Å². The fourth-order valence-corrected chi connectivity index (χ4v) is 3.63. The quantitative estimate of drug-likeness (QED) is 0.654. The van der Waals surface area contributed by atoms with Gasteiger partial charge >= 0.3 is 0 Å². The molecule has 6 heteroatoms. The van der Waals surface area contributed by atoms with Gasteiger partial charge < -0.3 is 10.2 Å². The zero-order valence-electron chi connectivity index (χ0n) is 16.0. The van der Waals surface area contributed by atoms with E-state index in [2.05, 4.69) is 10.3 Å². The Kier molecular flexibility index (Phi) is 6.55. The van der Waals surface area contributed by atoms with Gasteiger partial charge in [-0.3, -0.25) is 9.59 Å². The molecule has 0 spiro atoms. The van der Waals surface area contributed by atoms with Gasteiger partial charge in [-0.2, -0.15) is 0 Å². The van der Waals surface area contributed by atoms with Crippen molar-refractivity contribution in [2.75, 3.05) is 13.1 Å². The summed E-state index contributed by atoms with van der Waals surface area (Å²) in [4.78, 5) is 30.9. The molecule has 1 N–H and O–H groups in total. The van der Waals surface area contributed by atoms with Crippen LogP contribution in [0.2, 0.25) is 0 Å². The van der Waals surface area contributed by atoms with Gasteiger partial charge in [0.25, 0.3) is 11.8 Å². The molecular weight excluding hydrogens is 370 g/mol. The summed E-state index contributed by atoms with van der Waals surface area (Å²) in [7, 11) is 0. The highest BCUT2D eigenvalue weighted by atomic mass is 32.1. The number of hydrogen-bond donors (Lipinski definition) is 1. The molecule has 0 radical (unpaired) electrons. The van der Waals surface area contributed by atoms with Crippen molar-refractivity contribution in [3.63, 3.8) is 0 Å². The van der Waals surface area contributed by atoms with Crippen LogP contribution in [0.3, 0.4) is 0 Å². The number of nitrogens with zero attached hydrogens (tertiary/aromatic N) is 2. The first-order chi connectivity index (χ1) is 13.6. The molecule has 1 heterocycles. The van der Waals surface area contributed by atoms with Crippen molar-refractivity contribution in [2.24, 2.45) is 0 Å². The molecule has 0 unspecified atom stereocenters. The van der Waals surface area contributed by atoms with Gasteiger partial charge in [-0.15, -0.1) is 11.3 Å². The van der Waals surface area contributed by atoms with Crippen LogP contribution in [0.15, 0.2) is 60.0 Å². The van der Waals surface area contributed by atoms with Crippen LogP contribution in [-0.2, 0) is 6.54 Å². The van der Waals surface area contributed by atoms with E-state index in [0.29, 0.717) is 30.9 Å². The third-order valence-corrected chi connectivity index (χ3v) is 5.35. The number of carbonyl (C=O) groups is 2. The maximum absolute atomic E-state index is 12.4. The number of aromatic nitrogens is 1. The van der Waals surface area contributed by atoms with Crippen molar-refractivity contribution >= 4 is 23.2 Å². The largest absolute Gasteiger partial charge is 0.347 e. The molecule has 0 saturated heterocycles. The van der Waals surface area contributed by atoms with Gasteiger partial charge in [0.05, 0.1) is 0 Å². The number of rotatable bonds is 7. The van der Waals surface area contributed by atoms with Crippen molar-refractivity contribution in [1.29, 1.82) is 0 Å². The second kappa shape index (κ2) is 9.28. The van der Waals surface area contributed by atoms with Crippen molar-refractivity contribution in [3.8, 4) is 10.6 Å². The van der Waals surface area contributed by atoms with Crippen LogP contribution in [0.1, 0.15) is 40.3 Å². The summed E-state index contributed by atoms with van der Waals surface area (Å²) >= 11 is 1.45. The molecule has 2 aromatic carbocycles. The van der Waals surface area contributed by atoms with E-state index in [1.54, 1.807) is 22.4 Å². The Bertz CT molecular complexity index is 932. The molecule has 3 aromatic rings. The molecule has 2 amide bonds. The van der Waals surface area contributed by atoms with Crippen molar-refractivity contribution in [3.05, 3.63) is 76.8 Å². The molecule has 28 heavy (non-hydrogen) atoms. The van der Waals surface area contributed by atoms with E-state index in [1.165, 1.54) is 11.3 Å². The molecule has 0 aliphatic heterocycles. The van der Waals surface area contributed by atoms with Crippen LogP contribution < -0.4 is 5.32 Å². The lowest BCUT2D eigenvalue weighted by Gasteiger charge is -2.18. The minimum absolute atomic E-state index is 0.0245. The maximum atomic E-state index is 12.4. The van der Waals surface area contributed by atoms with Crippen LogP contribution in [-0.4, -0.2) is 34.8 Å². The minimum atomic E-state index is -0.207. The van der Waals surface area contributed by atoms with Crippen LogP contribution in [0.4, 0.5) is 0 Å². The molecule has 1 aromatic heterocycles. The smallest absolute Gasteiger partial charge is 0.271 e. The standard InChI is InChI=1S/C22H23N3O2S/c1-3-25(4-2)22(27)18-12-10-16(11-13-18)14-23-20(26)19-15-28-21(24-19)17-8-6-5-7-9-17/h5-13,15H,3-4,14H2,1-2H3,(H,23,26). The third-order valence-electron chi connectivity index (χ3n) is 4.46. The van der Waals surface area contributed by atoms with Gasteiger partial charge in [0.15, 0.2) is 0 Å². The Balaban J connectivity index is 1.59. The summed E-state index contributed by atoms with van der Waals surface area (Å²) in [5.74, 6) is -0.182. The molecule has 144 valence electrons. The van der Waals surface area contributed by atoms with Gasteiger partial charge in [0, 0.05) is 36.1 Å². The summed E-state index contributed by atoms with van der Waals surface area (Å²) < 4.78 is 0. The average Bonchev–Trinajstić information content (AvgIpc) is 3.24. The van der Waals surface area contributed by atoms with Crippen LogP contribution >= 0.6 is 11.3 Å². The summed E-state index contributed by atoms with van der Waals surface area (Å²) in [6.07, 6.45) is 0. The molecule has 0 saturated carbocycles. The number of amides is 2. The molecule has 0 aliphatic rings. The minimum Gasteiger partial charge on any atom is -0.347 e. The monoisotopic (exact) mass is 393 g/mol. The SMILES string of the molecule is CCN(CC)C(=O)c1ccc(CNC(=O)c2csc(-c3ccccc3)n2)cc1. The first-order valence-electron chi connectivity index (χ1n) is 9.29. The highest BCUT2D eigenvalue weighted by Gasteiger charge is 2.13. The van der Waals surface area contributed by atoms with Crippen molar-refractivity contribution < 1.29 is 9.59 Å². The number of carbonyl (C=O) groups excluding carboxylic acids is 2. The van der Waals surface area contributed by atoms with E-state index >= 15 is 0 Å². The molecule has 0 atom stereocenters. The zero-order valence-corrected chi connectivity index (χ0v) is 16.8. The fraction of sp³-hybridized carbons (Fsp3) is 0.227. The normalized spacial score (nSPS) is 10.5. The number of hydrogen-bond acceptors (Lipinski definition) is 4. The van der Waals surface area contributed by atoms with E-state index in [9.17, 15) is 9.59 Å². The Morgan fingerprint density at radius 2 is 1.68 bits per heavy atom. The van der Waals surface area contributed by atoms with E-state index in [1.807, 2.05) is 56.3 Å². The molecule has 0 aliphatic carbocycles. The lowest BCUT2D eigenvalue weighted by Crippen LogP contribution is -2.30. The number of thiazole rings is 1. The first-order valence-corrected chi connectivity index (χ1v) is 10.2. The van der Waals surface area contributed by atoms with Crippen molar-refractivity contribution in [1.82, 2.24) is 15.2 Å². The predicted octanol–water partition coefficient (Wildman–Crippen LogP) is 4.22. The summed E-state index contributed by atoms with van der Waals surface area (Å²) in [6, 6.07) is 17.1. The Labute approximate surface area is 169 Å². The first kappa shape index (κ1) is 19.8. The molecule has 5 nitrogen and oxygen atoms in total. The average molecular weight is 394 g/mol. The highest BCUT2D eigenvalue weighted by Crippen LogP contribution is 2.23. The van der Waals surface area contributed by atoms with Crippen LogP contribution in [0, 0.1) is 0 Å². The van der Waals surface area contributed by atoms with E-state index < -0.39 is 0 Å². The predicted molar refractivity (Wildman–Crippen MR) is 112 cm³/mol. The summed E-state index contributed by atoms with van der Waals surface area (Å²) in [5, 5.41) is 5.48. The maximum Gasteiger partial charge on any atom is 0.271 e. The van der Waals surface area contributed by atoms with Gasteiger partial charge in [-0.25, -0.2) is 4.98 Å². The molecular formula is C22H23N3O2S. The van der Waals surface area contributed by atoms with E-state index in [4.69, 9.17) is 0 Å². The Morgan fingerprint density at radius 3 is 2.32 bits per heavy atom. The highest BCUT2D eigenvalue weighted by molar-refractivity contribution is 7.13. The zero-order chi connectivity index (χ0) is 19.9. The topological polar surface area (TPSA) is 62.3 Å². The van der Waals surface area contributed by atoms with Crippen molar-refractivity contribution in [2.45, 2.75) is 20.4 Å². The fourth-order valence-electron chi connectivity index (χ4n) is 2.82. The van der Waals surface area contributed by atoms with Crippen LogP contribution in [0.5, 0.6) is 0 Å². The third kappa shape index (κ3) is 4.64. The van der Waals surface area contributed by atoms with Gasteiger partial charge in [0.2, 0.25) is 0 Å².